The third kappa shape index (κ3) is 1.55. The number of nitrogens with one attached hydrogen (secondary N) is 1. The van der Waals surface area contributed by atoms with E-state index in [1.165, 1.54) is 16.7 Å². The van der Waals surface area contributed by atoms with Crippen molar-refractivity contribution in [3.05, 3.63) is 34.7 Å². The molecule has 3 rings (SSSR count). The average molecular weight is 282 g/mol. The standard InChI is InChI=1S/C11H12BrN3O/c12-15-7-8-6-14(16)5-3-9(8)10-2-1-4-13-11(10)15/h1-2,4,14H,3,5-7H2. The maximum atomic E-state index is 11.5. The van der Waals surface area contributed by atoms with E-state index in [1.54, 1.807) is 6.20 Å². The van der Waals surface area contributed by atoms with Crippen molar-refractivity contribution in [1.82, 2.24) is 4.98 Å². The van der Waals surface area contributed by atoms with E-state index in [4.69, 9.17) is 0 Å². The Bertz CT molecular complexity index is 460. The molecule has 2 aliphatic heterocycles. The lowest BCUT2D eigenvalue weighted by atomic mass is 9.92. The van der Waals surface area contributed by atoms with Crippen molar-refractivity contribution in [3.63, 3.8) is 0 Å². The zero-order chi connectivity index (χ0) is 11.1. The van der Waals surface area contributed by atoms with Crippen LogP contribution < -0.4 is 8.99 Å². The molecule has 0 bridgehead atoms. The summed E-state index contributed by atoms with van der Waals surface area (Å²) in [4.78, 5) is 4.37. The van der Waals surface area contributed by atoms with Gasteiger partial charge in [-0.3, -0.25) is 3.93 Å². The first-order valence-electron chi connectivity index (χ1n) is 5.37. The number of hydrogen-bond donors (Lipinski definition) is 1. The first-order valence-corrected chi connectivity index (χ1v) is 6.08. The first-order chi connectivity index (χ1) is 7.75. The van der Waals surface area contributed by atoms with Crippen LogP contribution in [0, 0.1) is 5.21 Å². The van der Waals surface area contributed by atoms with E-state index >= 15 is 0 Å². The SMILES string of the molecule is [O-][NH+]1CCC2=C(CN(Br)c3ncccc32)C1. The topological polar surface area (TPSA) is 43.6 Å². The molecular weight excluding hydrogens is 270 g/mol. The first kappa shape index (κ1) is 10.3. The molecule has 0 aromatic carbocycles. The van der Waals surface area contributed by atoms with Gasteiger partial charge in [0.2, 0.25) is 0 Å². The highest BCUT2D eigenvalue weighted by Gasteiger charge is 2.28. The van der Waals surface area contributed by atoms with Crippen LogP contribution in [0.4, 0.5) is 5.82 Å². The lowest BCUT2D eigenvalue weighted by molar-refractivity contribution is -0.843. The lowest BCUT2D eigenvalue weighted by Gasteiger charge is -2.35. The zero-order valence-electron chi connectivity index (χ0n) is 8.74. The Balaban J connectivity index is 2.11. The summed E-state index contributed by atoms with van der Waals surface area (Å²) in [6, 6.07) is 4.03. The fourth-order valence-corrected chi connectivity index (χ4v) is 3.00. The van der Waals surface area contributed by atoms with Gasteiger partial charge in [-0.25, -0.2) is 4.98 Å². The number of quaternary nitrogens is 1. The summed E-state index contributed by atoms with van der Waals surface area (Å²) in [6.07, 6.45) is 2.67. The molecule has 1 atom stereocenters. The number of nitrogens with zero attached hydrogens (tertiary/aromatic N) is 2. The smallest absolute Gasteiger partial charge is 0.146 e. The van der Waals surface area contributed by atoms with Crippen molar-refractivity contribution >= 4 is 27.5 Å². The number of pyridine rings is 1. The minimum atomic E-state index is 0.354. The van der Waals surface area contributed by atoms with Crippen LogP contribution in [-0.4, -0.2) is 24.6 Å². The number of aromatic nitrogens is 1. The lowest BCUT2D eigenvalue weighted by Crippen LogP contribution is -3.08. The Labute approximate surface area is 102 Å². The molecule has 2 aliphatic rings. The average Bonchev–Trinajstić information content (AvgIpc) is 2.29. The van der Waals surface area contributed by atoms with E-state index in [9.17, 15) is 5.21 Å². The van der Waals surface area contributed by atoms with E-state index in [-0.39, 0.29) is 0 Å². The van der Waals surface area contributed by atoms with Crippen LogP contribution in [0.25, 0.3) is 5.57 Å². The van der Waals surface area contributed by atoms with Crippen LogP contribution in [0.2, 0.25) is 0 Å². The van der Waals surface area contributed by atoms with E-state index in [1.807, 2.05) is 9.99 Å². The highest BCUT2D eigenvalue weighted by molar-refractivity contribution is 9.10. The predicted molar refractivity (Wildman–Crippen MR) is 66.1 cm³/mol. The molecule has 16 heavy (non-hydrogen) atoms. The Morgan fingerprint density at radius 3 is 3.25 bits per heavy atom. The van der Waals surface area contributed by atoms with Gasteiger partial charge in [0.1, 0.15) is 12.4 Å². The molecule has 4 nitrogen and oxygen atoms in total. The second-order valence-electron chi connectivity index (χ2n) is 4.19. The number of anilines is 1. The molecule has 1 aromatic rings. The van der Waals surface area contributed by atoms with Gasteiger partial charge in [-0.05, 0) is 17.7 Å². The third-order valence-corrected chi connectivity index (χ3v) is 3.75. The van der Waals surface area contributed by atoms with Gasteiger partial charge in [-0.1, -0.05) is 0 Å². The fraction of sp³-hybridized carbons (Fsp3) is 0.364. The molecule has 5 heteroatoms. The predicted octanol–water partition coefficient (Wildman–Crippen LogP) is 0.752. The molecule has 3 heterocycles. The number of hydroxylamine groups is 2. The number of rotatable bonds is 0. The largest absolute Gasteiger partial charge is 0.634 e. The highest BCUT2D eigenvalue weighted by atomic mass is 79.9. The van der Waals surface area contributed by atoms with Gasteiger partial charge in [0.25, 0.3) is 0 Å². The molecule has 0 saturated carbocycles. The number of hydrogen-bond acceptors (Lipinski definition) is 3. The molecule has 0 aliphatic carbocycles. The van der Waals surface area contributed by atoms with Crippen LogP contribution in [0.15, 0.2) is 23.9 Å². The van der Waals surface area contributed by atoms with Gasteiger partial charge in [-0.2, -0.15) is 0 Å². The summed E-state index contributed by atoms with van der Waals surface area (Å²) in [7, 11) is 0. The minimum Gasteiger partial charge on any atom is -0.634 e. The zero-order valence-corrected chi connectivity index (χ0v) is 10.3. The fourth-order valence-electron chi connectivity index (χ4n) is 2.42. The molecule has 1 N–H and O–H groups in total. The molecule has 0 saturated heterocycles. The quantitative estimate of drug-likeness (QED) is 0.564. The molecule has 1 unspecified atom stereocenters. The van der Waals surface area contributed by atoms with Crippen molar-refractivity contribution in [1.29, 1.82) is 0 Å². The second-order valence-corrected chi connectivity index (χ2v) is 5.05. The molecule has 0 fully saturated rings. The van der Waals surface area contributed by atoms with Crippen molar-refractivity contribution in [2.24, 2.45) is 0 Å². The maximum absolute atomic E-state index is 11.5. The summed E-state index contributed by atoms with van der Waals surface area (Å²) >= 11 is 3.49. The molecule has 0 radical (unpaired) electrons. The van der Waals surface area contributed by atoms with Crippen LogP contribution in [0.5, 0.6) is 0 Å². The summed E-state index contributed by atoms with van der Waals surface area (Å²) < 4.78 is 1.94. The monoisotopic (exact) mass is 281 g/mol. The Morgan fingerprint density at radius 2 is 2.38 bits per heavy atom. The van der Waals surface area contributed by atoms with Gasteiger partial charge in [-0.15, -0.1) is 0 Å². The van der Waals surface area contributed by atoms with Crippen molar-refractivity contribution in [2.45, 2.75) is 6.42 Å². The Morgan fingerprint density at radius 1 is 1.50 bits per heavy atom. The molecule has 0 amide bonds. The highest BCUT2D eigenvalue weighted by Crippen LogP contribution is 2.36. The van der Waals surface area contributed by atoms with Crippen LogP contribution in [0.3, 0.4) is 0 Å². The Kier molecular flexibility index (Phi) is 2.46. The number of fused-ring (bicyclic) bond motifs is 2. The van der Waals surface area contributed by atoms with Gasteiger partial charge in [0.15, 0.2) is 0 Å². The van der Waals surface area contributed by atoms with Crippen molar-refractivity contribution < 1.29 is 5.06 Å². The molecule has 84 valence electrons. The van der Waals surface area contributed by atoms with Crippen molar-refractivity contribution in [2.75, 3.05) is 23.6 Å². The maximum Gasteiger partial charge on any atom is 0.146 e. The summed E-state index contributed by atoms with van der Waals surface area (Å²) in [5.41, 5.74) is 3.75. The third-order valence-electron chi connectivity index (χ3n) is 3.16. The van der Waals surface area contributed by atoms with Crippen LogP contribution in [-0.2, 0) is 0 Å². The summed E-state index contributed by atoms with van der Waals surface area (Å²) in [5, 5.41) is 11.8. The summed E-state index contributed by atoms with van der Waals surface area (Å²) in [6.45, 7) is 2.05. The molecule has 0 spiro atoms. The van der Waals surface area contributed by atoms with Crippen LogP contribution >= 0.6 is 16.1 Å². The van der Waals surface area contributed by atoms with E-state index < -0.39 is 0 Å². The van der Waals surface area contributed by atoms with Gasteiger partial charge in [0, 0.05) is 23.8 Å². The second kappa shape index (κ2) is 3.84. The molecular formula is C11H12BrN3O. The van der Waals surface area contributed by atoms with Crippen molar-refractivity contribution in [3.8, 4) is 0 Å². The van der Waals surface area contributed by atoms with E-state index in [2.05, 4.69) is 27.2 Å². The van der Waals surface area contributed by atoms with E-state index in [0.29, 0.717) is 18.2 Å². The summed E-state index contributed by atoms with van der Waals surface area (Å²) in [5.74, 6) is 0.968. The molecule has 1 aromatic heterocycles. The normalized spacial score (nSPS) is 24.1. The van der Waals surface area contributed by atoms with Crippen LogP contribution in [0.1, 0.15) is 12.0 Å². The van der Waals surface area contributed by atoms with Gasteiger partial charge >= 0.3 is 0 Å². The van der Waals surface area contributed by atoms with Gasteiger partial charge in [0.05, 0.1) is 29.2 Å². The number of halogens is 1. The van der Waals surface area contributed by atoms with E-state index in [0.717, 1.165) is 18.8 Å². The Hall–Kier alpha value is -0.910. The van der Waals surface area contributed by atoms with Gasteiger partial charge < -0.3 is 10.3 Å². The minimum absolute atomic E-state index is 0.354.